The van der Waals surface area contributed by atoms with Crippen LogP contribution in [0.1, 0.15) is 26.3 Å². The number of nitrogens with two attached hydrogens (primary N) is 2. The number of anilines is 2. The predicted molar refractivity (Wildman–Crippen MR) is 80.5 cm³/mol. The highest BCUT2D eigenvalue weighted by molar-refractivity contribution is 5.61. The smallest absolute Gasteiger partial charge is 0.150 e. The minimum absolute atomic E-state index is 0.138. The lowest BCUT2D eigenvalue weighted by atomic mass is 9.87. The lowest BCUT2D eigenvalue weighted by Crippen LogP contribution is -2.10. The molecule has 0 spiro atoms. The van der Waals surface area contributed by atoms with Gasteiger partial charge in [-0.2, -0.15) is 0 Å². The fourth-order valence-corrected chi connectivity index (χ4v) is 1.81. The minimum atomic E-state index is 0.138. The first-order chi connectivity index (χ1) is 8.86. The van der Waals surface area contributed by atoms with Crippen molar-refractivity contribution < 1.29 is 4.74 Å². The van der Waals surface area contributed by atoms with Gasteiger partial charge in [-0.25, -0.2) is 0 Å². The summed E-state index contributed by atoms with van der Waals surface area (Å²) >= 11 is 0. The fraction of sp³-hybridized carbons (Fsp3) is 0.250. The van der Waals surface area contributed by atoms with E-state index >= 15 is 0 Å². The van der Waals surface area contributed by atoms with Gasteiger partial charge in [0.05, 0.1) is 5.69 Å². The molecule has 0 aliphatic rings. The highest BCUT2D eigenvalue weighted by Crippen LogP contribution is 2.30. The molecule has 19 heavy (non-hydrogen) atoms. The maximum atomic E-state index is 5.86. The first-order valence-corrected chi connectivity index (χ1v) is 6.29. The molecule has 0 aliphatic carbocycles. The standard InChI is InChI=1S/C16H20N2O/c1-16(2,3)11-4-7-13(8-5-11)19-15-9-6-12(17)10-14(15)18/h4-10H,17-18H2,1-3H3. The summed E-state index contributed by atoms with van der Waals surface area (Å²) in [7, 11) is 0. The predicted octanol–water partition coefficient (Wildman–Crippen LogP) is 3.94. The van der Waals surface area contributed by atoms with Gasteiger partial charge in [-0.1, -0.05) is 32.9 Å². The first kappa shape index (κ1) is 13.3. The van der Waals surface area contributed by atoms with Gasteiger partial charge in [-0.15, -0.1) is 0 Å². The van der Waals surface area contributed by atoms with Gasteiger partial charge in [0, 0.05) is 5.69 Å². The van der Waals surface area contributed by atoms with Crippen LogP contribution in [0, 0.1) is 0 Å². The number of hydrogen-bond donors (Lipinski definition) is 2. The summed E-state index contributed by atoms with van der Waals surface area (Å²) in [5.74, 6) is 1.39. The molecule has 3 nitrogen and oxygen atoms in total. The second-order valence-electron chi connectivity index (χ2n) is 5.67. The quantitative estimate of drug-likeness (QED) is 0.800. The number of rotatable bonds is 2. The van der Waals surface area contributed by atoms with Gasteiger partial charge < -0.3 is 16.2 Å². The van der Waals surface area contributed by atoms with E-state index in [0.717, 1.165) is 5.75 Å². The summed E-state index contributed by atoms with van der Waals surface area (Å²) in [4.78, 5) is 0. The zero-order valence-corrected chi connectivity index (χ0v) is 11.6. The number of ether oxygens (including phenoxy) is 1. The summed E-state index contributed by atoms with van der Waals surface area (Å²) in [5, 5.41) is 0. The van der Waals surface area contributed by atoms with Gasteiger partial charge in [-0.3, -0.25) is 0 Å². The van der Waals surface area contributed by atoms with Crippen molar-refractivity contribution in [1.82, 2.24) is 0 Å². The molecule has 0 fully saturated rings. The molecule has 0 unspecified atom stereocenters. The second kappa shape index (κ2) is 4.84. The SMILES string of the molecule is CC(C)(C)c1ccc(Oc2ccc(N)cc2N)cc1. The molecule has 0 saturated carbocycles. The van der Waals surface area contributed by atoms with Crippen molar-refractivity contribution in [2.75, 3.05) is 11.5 Å². The molecule has 0 aromatic heterocycles. The van der Waals surface area contributed by atoms with Crippen LogP contribution >= 0.6 is 0 Å². The van der Waals surface area contributed by atoms with Crippen molar-refractivity contribution in [3.05, 3.63) is 48.0 Å². The van der Waals surface area contributed by atoms with E-state index in [4.69, 9.17) is 16.2 Å². The van der Waals surface area contributed by atoms with Crippen LogP contribution in [0.3, 0.4) is 0 Å². The summed E-state index contributed by atoms with van der Waals surface area (Å²) in [6.45, 7) is 6.54. The molecule has 2 rings (SSSR count). The average Bonchev–Trinajstić information content (AvgIpc) is 2.32. The zero-order chi connectivity index (χ0) is 14.0. The van der Waals surface area contributed by atoms with E-state index in [0.29, 0.717) is 17.1 Å². The van der Waals surface area contributed by atoms with Crippen LogP contribution < -0.4 is 16.2 Å². The Kier molecular flexibility index (Phi) is 3.38. The minimum Gasteiger partial charge on any atom is -0.455 e. The van der Waals surface area contributed by atoms with E-state index < -0.39 is 0 Å². The van der Waals surface area contributed by atoms with Crippen molar-refractivity contribution in [1.29, 1.82) is 0 Å². The fourth-order valence-electron chi connectivity index (χ4n) is 1.81. The molecular weight excluding hydrogens is 236 g/mol. The van der Waals surface area contributed by atoms with Crippen LogP contribution in [0.4, 0.5) is 11.4 Å². The molecule has 0 atom stereocenters. The normalized spacial score (nSPS) is 11.3. The Morgan fingerprint density at radius 3 is 2.05 bits per heavy atom. The molecule has 0 saturated heterocycles. The highest BCUT2D eigenvalue weighted by atomic mass is 16.5. The van der Waals surface area contributed by atoms with E-state index in [9.17, 15) is 0 Å². The van der Waals surface area contributed by atoms with Gasteiger partial charge in [-0.05, 0) is 41.3 Å². The zero-order valence-electron chi connectivity index (χ0n) is 11.6. The lowest BCUT2D eigenvalue weighted by molar-refractivity contribution is 0.484. The maximum absolute atomic E-state index is 5.86. The van der Waals surface area contributed by atoms with Crippen LogP contribution in [0.5, 0.6) is 11.5 Å². The van der Waals surface area contributed by atoms with Gasteiger partial charge >= 0.3 is 0 Å². The maximum Gasteiger partial charge on any atom is 0.150 e. The number of nitrogen functional groups attached to an aromatic ring is 2. The van der Waals surface area contributed by atoms with Crippen molar-refractivity contribution in [2.45, 2.75) is 26.2 Å². The first-order valence-electron chi connectivity index (χ1n) is 6.29. The van der Waals surface area contributed by atoms with E-state index in [1.165, 1.54) is 5.56 Å². The molecule has 100 valence electrons. The average molecular weight is 256 g/mol. The van der Waals surface area contributed by atoms with Crippen LogP contribution in [-0.4, -0.2) is 0 Å². The van der Waals surface area contributed by atoms with Crippen LogP contribution in [-0.2, 0) is 5.41 Å². The molecule has 0 heterocycles. The summed E-state index contributed by atoms with van der Waals surface area (Å²) in [5.41, 5.74) is 14.1. The molecule has 0 radical (unpaired) electrons. The van der Waals surface area contributed by atoms with Crippen LogP contribution in [0.25, 0.3) is 0 Å². The Balaban J connectivity index is 2.20. The van der Waals surface area contributed by atoms with Gasteiger partial charge in [0.2, 0.25) is 0 Å². The molecule has 0 aliphatic heterocycles. The monoisotopic (exact) mass is 256 g/mol. The third kappa shape index (κ3) is 3.19. The Hall–Kier alpha value is -2.16. The van der Waals surface area contributed by atoms with Crippen molar-refractivity contribution in [2.24, 2.45) is 0 Å². The van der Waals surface area contributed by atoms with Crippen molar-refractivity contribution in [3.63, 3.8) is 0 Å². The number of hydrogen-bond acceptors (Lipinski definition) is 3. The van der Waals surface area contributed by atoms with Gasteiger partial charge in [0.1, 0.15) is 11.5 Å². The summed E-state index contributed by atoms with van der Waals surface area (Å²) < 4.78 is 5.75. The molecule has 3 heteroatoms. The Bertz CT molecular complexity index is 568. The Morgan fingerprint density at radius 2 is 1.53 bits per heavy atom. The Labute approximate surface area is 114 Å². The van der Waals surface area contributed by atoms with E-state index in [2.05, 4.69) is 32.9 Å². The van der Waals surface area contributed by atoms with Crippen LogP contribution in [0.15, 0.2) is 42.5 Å². The largest absolute Gasteiger partial charge is 0.455 e. The molecule has 4 N–H and O–H groups in total. The molecule has 0 amide bonds. The summed E-state index contributed by atoms with van der Waals surface area (Å²) in [6, 6.07) is 13.3. The van der Waals surface area contributed by atoms with Crippen molar-refractivity contribution >= 4 is 11.4 Å². The third-order valence-electron chi connectivity index (χ3n) is 2.98. The van der Waals surface area contributed by atoms with E-state index in [-0.39, 0.29) is 5.41 Å². The molecular formula is C16H20N2O. The van der Waals surface area contributed by atoms with E-state index in [1.807, 2.05) is 12.1 Å². The highest BCUT2D eigenvalue weighted by Gasteiger charge is 2.13. The molecule has 0 bridgehead atoms. The van der Waals surface area contributed by atoms with Gasteiger partial charge in [0.15, 0.2) is 0 Å². The van der Waals surface area contributed by atoms with Crippen LogP contribution in [0.2, 0.25) is 0 Å². The lowest BCUT2D eigenvalue weighted by Gasteiger charge is -2.19. The third-order valence-corrected chi connectivity index (χ3v) is 2.98. The molecule has 2 aromatic rings. The number of benzene rings is 2. The Morgan fingerprint density at radius 1 is 0.895 bits per heavy atom. The topological polar surface area (TPSA) is 61.3 Å². The van der Waals surface area contributed by atoms with E-state index in [1.54, 1.807) is 18.2 Å². The second-order valence-corrected chi connectivity index (χ2v) is 5.67. The molecule has 2 aromatic carbocycles. The van der Waals surface area contributed by atoms with Crippen molar-refractivity contribution in [3.8, 4) is 11.5 Å². The summed E-state index contributed by atoms with van der Waals surface area (Å²) in [6.07, 6.45) is 0. The van der Waals surface area contributed by atoms with Gasteiger partial charge in [0.25, 0.3) is 0 Å².